The van der Waals surface area contributed by atoms with Crippen molar-refractivity contribution >= 4 is 27.5 Å². The molecule has 0 amide bonds. The fourth-order valence-electron chi connectivity index (χ4n) is 9.16. The zero-order chi connectivity index (χ0) is 34.7. The van der Waals surface area contributed by atoms with Crippen LogP contribution in [0.15, 0.2) is 30.3 Å². The highest BCUT2D eigenvalue weighted by molar-refractivity contribution is 6.02. The maximum Gasteiger partial charge on any atom is 0.522 e. The van der Waals surface area contributed by atoms with Gasteiger partial charge < -0.3 is 15.8 Å². The van der Waals surface area contributed by atoms with Crippen molar-refractivity contribution in [3.05, 3.63) is 53.2 Å². The number of hydrogen-bond acceptors (Lipinski definition) is 8. The van der Waals surface area contributed by atoms with Crippen LogP contribution in [0.1, 0.15) is 43.9 Å². The van der Waals surface area contributed by atoms with Gasteiger partial charge in [0.25, 0.3) is 0 Å². The van der Waals surface area contributed by atoms with Crippen molar-refractivity contribution in [2.45, 2.75) is 63.6 Å². The minimum atomic E-state index is -4.67. The zero-order valence-electron chi connectivity index (χ0n) is 27.3. The third-order valence-electron chi connectivity index (χ3n) is 11.8. The van der Waals surface area contributed by atoms with E-state index in [-0.39, 0.29) is 53.1 Å². The number of aromatic nitrogens is 3. The van der Waals surface area contributed by atoms with Gasteiger partial charge in [0.05, 0.1) is 29.4 Å². The van der Waals surface area contributed by atoms with E-state index >= 15 is 4.39 Å². The molecule has 0 bridgehead atoms. The molecule has 9 rings (SSSR count). The zero-order valence-corrected chi connectivity index (χ0v) is 27.3. The van der Waals surface area contributed by atoms with Crippen LogP contribution < -0.4 is 15.8 Å². The number of halogens is 5. The number of ether oxygens (including phenoxy) is 2. The summed E-state index contributed by atoms with van der Waals surface area (Å²) in [7, 11) is 0. The molecule has 8 nitrogen and oxygen atoms in total. The third-order valence-corrected chi connectivity index (χ3v) is 11.8. The molecule has 6 atom stereocenters. The van der Waals surface area contributed by atoms with Gasteiger partial charge in [-0.2, -0.15) is 9.97 Å². The molecular formula is C37H35F5N6O2. The van der Waals surface area contributed by atoms with Gasteiger partial charge in [-0.3, -0.25) is 9.64 Å². The van der Waals surface area contributed by atoms with Gasteiger partial charge >= 0.3 is 12.4 Å². The minimum Gasteiger partial charge on any atom is -0.463 e. The molecule has 3 N–H and O–H groups in total. The molecule has 0 radical (unpaired) electrons. The molecule has 4 heterocycles. The molecule has 2 aromatic carbocycles. The summed E-state index contributed by atoms with van der Waals surface area (Å²) >= 11 is 0. The number of rotatable bonds is 10. The van der Waals surface area contributed by atoms with Crippen molar-refractivity contribution in [2.24, 2.45) is 22.7 Å². The Morgan fingerprint density at radius 1 is 1.14 bits per heavy atom. The van der Waals surface area contributed by atoms with Crippen LogP contribution in [0.2, 0.25) is 0 Å². The Bertz CT molecular complexity index is 2110. The molecule has 50 heavy (non-hydrogen) atoms. The fourth-order valence-corrected chi connectivity index (χ4v) is 9.16. The standard InChI is InChI=1S/C37H35F5N6O2/c1-3-21-23(38)8-7-19-5-4-6-22(26(19)21)30-29(39)31-27(24(44-30)13-18(2)28-32-36(28)14-25(36)45-32)33(43)47-34(46-31)49-17-35(10-11-35)16-48-12-9-20(15-48)50-37(40,41)42/h1,4-8,18,20,25,28,32,45H,9-17H2,2H3,(H2,43,46,47)/t18-,20-,25-,28?,32+,36?/m0/s1. The average Bonchev–Trinajstić information content (AvgIpc) is 3.99. The van der Waals surface area contributed by atoms with Crippen LogP contribution in [0.4, 0.5) is 27.8 Å². The van der Waals surface area contributed by atoms with Crippen molar-refractivity contribution in [2.75, 3.05) is 32.0 Å². The topological polar surface area (TPSA) is 98.4 Å². The van der Waals surface area contributed by atoms with Gasteiger partial charge in [-0.05, 0) is 55.4 Å². The molecule has 13 heteroatoms. The van der Waals surface area contributed by atoms with Crippen LogP contribution in [0.25, 0.3) is 32.9 Å². The molecule has 2 unspecified atom stereocenters. The number of benzene rings is 2. The van der Waals surface area contributed by atoms with Gasteiger partial charge in [-0.1, -0.05) is 37.1 Å². The number of anilines is 1. The number of hydrogen-bond donors (Lipinski definition) is 2. The fraction of sp³-hybridized carbons (Fsp3) is 0.486. The average molecular weight is 691 g/mol. The molecule has 2 saturated heterocycles. The predicted octanol–water partition coefficient (Wildman–Crippen LogP) is 6.00. The summed E-state index contributed by atoms with van der Waals surface area (Å²) in [4.78, 5) is 15.8. The lowest BCUT2D eigenvalue weighted by Gasteiger charge is -2.23. The first-order valence-electron chi connectivity index (χ1n) is 17.1. The van der Waals surface area contributed by atoms with E-state index in [4.69, 9.17) is 21.9 Å². The Kier molecular flexibility index (Phi) is 6.96. The molecule has 5 fully saturated rings. The van der Waals surface area contributed by atoms with E-state index in [0.717, 1.165) is 12.8 Å². The first-order chi connectivity index (χ1) is 23.9. The summed E-state index contributed by atoms with van der Waals surface area (Å²) in [6.07, 6.45) is 3.80. The monoisotopic (exact) mass is 690 g/mol. The lowest BCUT2D eigenvalue weighted by atomic mass is 9.93. The minimum absolute atomic E-state index is 0.0147. The van der Waals surface area contributed by atoms with Crippen molar-refractivity contribution in [3.63, 3.8) is 0 Å². The van der Waals surface area contributed by atoms with E-state index in [1.165, 1.54) is 12.5 Å². The van der Waals surface area contributed by atoms with Gasteiger partial charge in [0.1, 0.15) is 22.8 Å². The van der Waals surface area contributed by atoms with Crippen molar-refractivity contribution in [1.29, 1.82) is 0 Å². The Balaban J connectivity index is 1.06. The number of pyridine rings is 1. The Labute approximate surface area is 284 Å². The lowest BCUT2D eigenvalue weighted by Crippen LogP contribution is -2.34. The Morgan fingerprint density at radius 2 is 1.96 bits per heavy atom. The summed E-state index contributed by atoms with van der Waals surface area (Å²) < 4.78 is 80.4. The highest BCUT2D eigenvalue weighted by Crippen LogP contribution is 2.79. The molecular weight excluding hydrogens is 655 g/mol. The molecule has 5 aliphatic rings. The highest BCUT2D eigenvalue weighted by Gasteiger charge is 2.86. The van der Waals surface area contributed by atoms with Gasteiger partial charge in [0.2, 0.25) is 0 Å². The van der Waals surface area contributed by atoms with E-state index in [1.807, 2.05) is 4.90 Å². The molecule has 4 aromatic rings. The summed E-state index contributed by atoms with van der Waals surface area (Å²) in [6.45, 7) is 3.57. The van der Waals surface area contributed by atoms with Crippen LogP contribution in [0, 0.1) is 46.6 Å². The number of nitrogens with one attached hydrogen (secondary N) is 1. The van der Waals surface area contributed by atoms with E-state index < -0.39 is 24.1 Å². The van der Waals surface area contributed by atoms with E-state index in [0.29, 0.717) is 76.8 Å². The second-order valence-corrected chi connectivity index (χ2v) is 15.0. The predicted molar refractivity (Wildman–Crippen MR) is 176 cm³/mol. The molecule has 1 spiro atoms. The number of nitrogens with zero attached hydrogens (tertiary/aromatic N) is 4. The number of piperidine rings is 1. The van der Waals surface area contributed by atoms with Gasteiger partial charge in [0.15, 0.2) is 5.82 Å². The van der Waals surface area contributed by atoms with Crippen LogP contribution >= 0.6 is 0 Å². The summed E-state index contributed by atoms with van der Waals surface area (Å²) in [5.41, 5.74) is 7.49. The number of fused-ring (bicyclic) bond motifs is 2. The summed E-state index contributed by atoms with van der Waals surface area (Å²) in [5, 5.41) is 4.94. The lowest BCUT2D eigenvalue weighted by molar-refractivity contribution is -0.340. The van der Waals surface area contributed by atoms with Crippen LogP contribution in [0.5, 0.6) is 6.01 Å². The normalized spacial score (nSPS) is 28.1. The number of nitrogen functional groups attached to an aromatic ring is 1. The molecule has 2 aliphatic heterocycles. The molecule has 2 aromatic heterocycles. The summed E-state index contributed by atoms with van der Waals surface area (Å²) in [6, 6.07) is 9.09. The number of terminal acetylenes is 1. The first kappa shape index (κ1) is 31.8. The molecule has 3 aliphatic carbocycles. The number of alkyl halides is 3. The molecule has 3 saturated carbocycles. The highest BCUT2D eigenvalue weighted by atomic mass is 19.4. The van der Waals surface area contributed by atoms with Gasteiger partial charge in [-0.15, -0.1) is 19.6 Å². The van der Waals surface area contributed by atoms with E-state index in [9.17, 15) is 17.6 Å². The maximum absolute atomic E-state index is 16.9. The largest absolute Gasteiger partial charge is 0.522 e. The maximum atomic E-state index is 16.9. The second-order valence-electron chi connectivity index (χ2n) is 15.0. The van der Waals surface area contributed by atoms with Crippen molar-refractivity contribution < 1.29 is 31.4 Å². The van der Waals surface area contributed by atoms with Crippen molar-refractivity contribution in [1.82, 2.24) is 25.2 Å². The first-order valence-corrected chi connectivity index (χ1v) is 17.1. The van der Waals surface area contributed by atoms with Crippen LogP contribution in [0.3, 0.4) is 0 Å². The smallest absolute Gasteiger partial charge is 0.463 e. The van der Waals surface area contributed by atoms with Gasteiger partial charge in [-0.25, -0.2) is 13.8 Å². The SMILES string of the molecule is C#Cc1c(F)ccc2cccc(-c3nc(C[C@H](C)C4[C@H]5N[C@H]6CC465)c4c(N)nc(OCC5(CN6CC[C@H](OC(F)(F)F)C6)CC5)nc4c3F)c12. The number of likely N-dealkylation sites (tertiary alicyclic amines) is 1. The van der Waals surface area contributed by atoms with Crippen LogP contribution in [-0.2, 0) is 11.2 Å². The molecule has 260 valence electrons. The quantitative estimate of drug-likeness (QED) is 0.155. The van der Waals surface area contributed by atoms with E-state index in [2.05, 4.69) is 32.9 Å². The second kappa shape index (κ2) is 10.9. The Morgan fingerprint density at radius 3 is 2.64 bits per heavy atom. The van der Waals surface area contributed by atoms with Gasteiger partial charge in [0, 0.05) is 53.5 Å². The third kappa shape index (κ3) is 5.09. The Hall–Kier alpha value is -4.12. The summed E-state index contributed by atoms with van der Waals surface area (Å²) in [5.74, 6) is 1.84. The number of nitrogens with two attached hydrogens (primary N) is 1. The van der Waals surface area contributed by atoms with E-state index in [1.54, 1.807) is 24.3 Å². The van der Waals surface area contributed by atoms with Crippen LogP contribution in [-0.4, -0.2) is 70.6 Å². The van der Waals surface area contributed by atoms with Crippen molar-refractivity contribution in [3.8, 4) is 29.6 Å².